The predicted octanol–water partition coefficient (Wildman–Crippen LogP) is 3.80. The highest BCUT2D eigenvalue weighted by Crippen LogP contribution is 2.30. The second kappa shape index (κ2) is 5.26. The van der Waals surface area contributed by atoms with E-state index in [1.807, 2.05) is 12.1 Å². The van der Waals surface area contributed by atoms with Gasteiger partial charge in [0.05, 0.1) is 10.2 Å². The van der Waals surface area contributed by atoms with Crippen molar-refractivity contribution in [1.29, 1.82) is 0 Å². The number of fused-ring (bicyclic) bond motifs is 1. The summed E-state index contributed by atoms with van der Waals surface area (Å²) in [7, 11) is 3.44. The number of thiazole rings is 1. The standard InChI is InChI=1S/C16H13FN2OS/c1-19(2)16(20)11-5-3-10(4-6-11)15-18-13-8-7-12(17)9-14(13)21-15/h3-9H,1-2H3. The largest absolute Gasteiger partial charge is 0.345 e. The molecule has 1 aromatic heterocycles. The summed E-state index contributed by atoms with van der Waals surface area (Å²) in [4.78, 5) is 17.9. The molecule has 0 unspecified atom stereocenters. The molecule has 3 nitrogen and oxygen atoms in total. The van der Waals surface area contributed by atoms with Crippen LogP contribution in [0.15, 0.2) is 42.5 Å². The summed E-state index contributed by atoms with van der Waals surface area (Å²) in [5.41, 5.74) is 2.34. The molecule has 0 saturated carbocycles. The zero-order chi connectivity index (χ0) is 15.0. The van der Waals surface area contributed by atoms with E-state index in [4.69, 9.17) is 0 Å². The molecule has 0 spiro atoms. The van der Waals surface area contributed by atoms with Crippen LogP contribution in [0.5, 0.6) is 0 Å². The van der Waals surface area contributed by atoms with Crippen molar-refractivity contribution in [1.82, 2.24) is 9.88 Å². The SMILES string of the molecule is CN(C)C(=O)c1ccc(-c2nc3ccc(F)cc3s2)cc1. The molecule has 1 heterocycles. The third-order valence-corrected chi connectivity index (χ3v) is 4.20. The van der Waals surface area contributed by atoms with Crippen LogP contribution in [0.2, 0.25) is 0 Å². The topological polar surface area (TPSA) is 33.2 Å². The fourth-order valence-corrected chi connectivity index (χ4v) is 3.03. The molecule has 21 heavy (non-hydrogen) atoms. The number of aromatic nitrogens is 1. The maximum atomic E-state index is 13.2. The Labute approximate surface area is 125 Å². The Kier molecular flexibility index (Phi) is 3.43. The highest BCUT2D eigenvalue weighted by atomic mass is 32.1. The molecule has 3 rings (SSSR count). The lowest BCUT2D eigenvalue weighted by atomic mass is 10.1. The van der Waals surface area contributed by atoms with Crippen LogP contribution in [0.3, 0.4) is 0 Å². The first-order valence-corrected chi connectivity index (χ1v) is 7.24. The smallest absolute Gasteiger partial charge is 0.253 e. The minimum Gasteiger partial charge on any atom is -0.345 e. The van der Waals surface area contributed by atoms with Gasteiger partial charge in [0.15, 0.2) is 0 Å². The Balaban J connectivity index is 1.97. The van der Waals surface area contributed by atoms with Gasteiger partial charge in [-0.3, -0.25) is 4.79 Å². The average molecular weight is 300 g/mol. The lowest BCUT2D eigenvalue weighted by Crippen LogP contribution is -2.21. The summed E-state index contributed by atoms with van der Waals surface area (Å²) in [5, 5.41) is 0.819. The zero-order valence-corrected chi connectivity index (χ0v) is 12.4. The van der Waals surface area contributed by atoms with E-state index < -0.39 is 0 Å². The molecule has 0 fully saturated rings. The molecule has 0 aliphatic heterocycles. The van der Waals surface area contributed by atoms with E-state index in [-0.39, 0.29) is 11.7 Å². The van der Waals surface area contributed by atoms with Crippen molar-refractivity contribution in [2.75, 3.05) is 14.1 Å². The maximum absolute atomic E-state index is 13.2. The zero-order valence-electron chi connectivity index (χ0n) is 11.6. The van der Waals surface area contributed by atoms with Crippen molar-refractivity contribution < 1.29 is 9.18 Å². The molecule has 0 saturated heterocycles. The highest BCUT2D eigenvalue weighted by Gasteiger charge is 2.10. The number of hydrogen-bond donors (Lipinski definition) is 0. The second-order valence-corrected chi connectivity index (χ2v) is 5.94. The van der Waals surface area contributed by atoms with Crippen molar-refractivity contribution in [3.63, 3.8) is 0 Å². The molecule has 0 radical (unpaired) electrons. The van der Waals surface area contributed by atoms with E-state index in [0.717, 1.165) is 20.8 Å². The molecular weight excluding hydrogens is 287 g/mol. The molecular formula is C16H13FN2OS. The first-order valence-electron chi connectivity index (χ1n) is 6.43. The fraction of sp³-hybridized carbons (Fsp3) is 0.125. The summed E-state index contributed by atoms with van der Waals surface area (Å²) in [6, 6.07) is 11.9. The third-order valence-electron chi connectivity index (χ3n) is 3.14. The molecule has 106 valence electrons. The van der Waals surface area contributed by atoms with Crippen LogP contribution < -0.4 is 0 Å². The van der Waals surface area contributed by atoms with Crippen molar-refractivity contribution in [3.8, 4) is 10.6 Å². The van der Waals surface area contributed by atoms with Gasteiger partial charge in [0, 0.05) is 25.2 Å². The number of halogens is 1. The van der Waals surface area contributed by atoms with E-state index in [1.165, 1.54) is 28.4 Å². The number of hydrogen-bond acceptors (Lipinski definition) is 3. The van der Waals surface area contributed by atoms with Gasteiger partial charge in [-0.1, -0.05) is 12.1 Å². The first kappa shape index (κ1) is 13.7. The molecule has 3 aromatic rings. The Morgan fingerprint density at radius 2 is 1.86 bits per heavy atom. The number of nitrogens with zero attached hydrogens (tertiary/aromatic N) is 2. The van der Waals surface area contributed by atoms with E-state index >= 15 is 0 Å². The van der Waals surface area contributed by atoms with Crippen LogP contribution in [-0.4, -0.2) is 29.9 Å². The molecule has 0 atom stereocenters. The van der Waals surface area contributed by atoms with Gasteiger partial charge >= 0.3 is 0 Å². The van der Waals surface area contributed by atoms with E-state index in [2.05, 4.69) is 4.98 Å². The van der Waals surface area contributed by atoms with Gasteiger partial charge in [0.1, 0.15) is 10.8 Å². The van der Waals surface area contributed by atoms with Crippen LogP contribution >= 0.6 is 11.3 Å². The van der Waals surface area contributed by atoms with E-state index in [1.54, 1.807) is 32.3 Å². The Hall–Kier alpha value is -2.27. The lowest BCUT2D eigenvalue weighted by Gasteiger charge is -2.09. The predicted molar refractivity (Wildman–Crippen MR) is 83.0 cm³/mol. The molecule has 0 N–H and O–H groups in total. The number of benzene rings is 2. The number of carbonyl (C=O) groups excluding carboxylic acids is 1. The summed E-state index contributed by atoms with van der Waals surface area (Å²) in [6.07, 6.45) is 0. The van der Waals surface area contributed by atoms with E-state index in [0.29, 0.717) is 5.56 Å². The lowest BCUT2D eigenvalue weighted by molar-refractivity contribution is 0.0827. The Morgan fingerprint density at radius 1 is 1.14 bits per heavy atom. The van der Waals surface area contributed by atoms with Gasteiger partial charge in [-0.2, -0.15) is 0 Å². The number of amides is 1. The number of carbonyl (C=O) groups is 1. The second-order valence-electron chi connectivity index (χ2n) is 4.91. The number of rotatable bonds is 2. The summed E-state index contributed by atoms with van der Waals surface area (Å²) in [5.74, 6) is -0.294. The van der Waals surface area contributed by atoms with Gasteiger partial charge in [-0.25, -0.2) is 9.37 Å². The van der Waals surface area contributed by atoms with Crippen LogP contribution in [0.25, 0.3) is 20.8 Å². The average Bonchev–Trinajstić information content (AvgIpc) is 2.89. The van der Waals surface area contributed by atoms with Crippen LogP contribution in [-0.2, 0) is 0 Å². The van der Waals surface area contributed by atoms with Crippen LogP contribution in [0.4, 0.5) is 4.39 Å². The molecule has 5 heteroatoms. The molecule has 0 aliphatic rings. The van der Waals surface area contributed by atoms with Gasteiger partial charge in [-0.05, 0) is 30.3 Å². The maximum Gasteiger partial charge on any atom is 0.253 e. The monoisotopic (exact) mass is 300 g/mol. The van der Waals surface area contributed by atoms with Crippen LogP contribution in [0.1, 0.15) is 10.4 Å². The minimum absolute atomic E-state index is 0.0343. The van der Waals surface area contributed by atoms with Gasteiger partial charge in [0.25, 0.3) is 5.91 Å². The van der Waals surface area contributed by atoms with Crippen molar-refractivity contribution in [2.45, 2.75) is 0 Å². The summed E-state index contributed by atoms with van der Waals surface area (Å²) >= 11 is 1.44. The van der Waals surface area contributed by atoms with Crippen molar-refractivity contribution >= 4 is 27.5 Å². The molecule has 0 bridgehead atoms. The Morgan fingerprint density at radius 3 is 2.52 bits per heavy atom. The summed E-state index contributed by atoms with van der Waals surface area (Å²) in [6.45, 7) is 0. The normalized spacial score (nSPS) is 10.8. The van der Waals surface area contributed by atoms with Gasteiger partial charge in [-0.15, -0.1) is 11.3 Å². The Bertz CT molecular complexity index is 809. The van der Waals surface area contributed by atoms with E-state index in [9.17, 15) is 9.18 Å². The highest BCUT2D eigenvalue weighted by molar-refractivity contribution is 7.21. The van der Waals surface area contributed by atoms with Crippen LogP contribution in [0, 0.1) is 5.82 Å². The first-order chi connectivity index (χ1) is 10.0. The minimum atomic E-state index is -0.260. The third kappa shape index (κ3) is 2.64. The van der Waals surface area contributed by atoms with Crippen molar-refractivity contribution in [3.05, 3.63) is 53.8 Å². The molecule has 2 aromatic carbocycles. The van der Waals surface area contributed by atoms with Gasteiger partial charge < -0.3 is 4.90 Å². The fourth-order valence-electron chi connectivity index (χ4n) is 2.04. The molecule has 0 aliphatic carbocycles. The quantitative estimate of drug-likeness (QED) is 0.721. The summed E-state index contributed by atoms with van der Waals surface area (Å²) < 4.78 is 14.0. The van der Waals surface area contributed by atoms with Crippen molar-refractivity contribution in [2.24, 2.45) is 0 Å². The molecule has 1 amide bonds. The van der Waals surface area contributed by atoms with Gasteiger partial charge in [0.2, 0.25) is 0 Å².